The molecule has 0 atom stereocenters. The zero-order valence-electron chi connectivity index (χ0n) is 25.5. The molecule has 0 fully saturated rings. The second-order valence-electron chi connectivity index (χ2n) is 12.4. The van der Waals surface area contributed by atoms with Gasteiger partial charge in [0, 0.05) is 32.9 Å². The normalized spacial score (nSPS) is 13.2. The minimum absolute atomic E-state index is 0.210. The van der Waals surface area contributed by atoms with Gasteiger partial charge in [-0.1, -0.05) is 135 Å². The molecule has 0 N–H and O–H groups in total. The molecule has 2 heterocycles. The average molecular weight is 592 g/mol. The van der Waals surface area contributed by atoms with E-state index < -0.39 is 0 Å². The van der Waals surface area contributed by atoms with Crippen molar-refractivity contribution >= 4 is 21.9 Å². The Bertz CT molecular complexity index is 2380. The quantitative estimate of drug-likeness (QED) is 0.204. The maximum absolute atomic E-state index is 6.30. The number of furan rings is 1. The van der Waals surface area contributed by atoms with Crippen molar-refractivity contribution in [3.63, 3.8) is 0 Å². The highest BCUT2D eigenvalue weighted by atomic mass is 16.3. The van der Waals surface area contributed by atoms with Gasteiger partial charge in [0.2, 0.25) is 0 Å². The molecule has 8 aromatic rings. The molecule has 0 spiro atoms. The molecule has 6 aromatic carbocycles. The minimum atomic E-state index is -0.210. The van der Waals surface area contributed by atoms with E-state index in [2.05, 4.69) is 86.6 Å². The molecule has 0 radical (unpaired) electrons. The Labute approximate surface area is 267 Å². The van der Waals surface area contributed by atoms with Crippen molar-refractivity contribution in [2.24, 2.45) is 0 Å². The van der Waals surface area contributed by atoms with E-state index in [0.717, 1.165) is 38.8 Å². The van der Waals surface area contributed by atoms with Crippen LogP contribution < -0.4 is 0 Å². The molecule has 0 bridgehead atoms. The van der Waals surface area contributed by atoms with Gasteiger partial charge < -0.3 is 4.42 Å². The van der Waals surface area contributed by atoms with E-state index in [1.165, 1.54) is 33.2 Å². The maximum atomic E-state index is 6.30. The van der Waals surface area contributed by atoms with Crippen LogP contribution in [-0.2, 0) is 5.41 Å². The Balaban J connectivity index is 1.23. The lowest BCUT2D eigenvalue weighted by Crippen LogP contribution is -2.16. The second kappa shape index (κ2) is 10.1. The van der Waals surface area contributed by atoms with Crippen LogP contribution in [0.25, 0.3) is 78.4 Å². The van der Waals surface area contributed by atoms with Crippen LogP contribution >= 0.6 is 0 Å². The number of rotatable bonds is 4. The van der Waals surface area contributed by atoms with Crippen molar-refractivity contribution in [3.05, 3.63) is 151 Å². The Hall–Kier alpha value is -5.87. The molecule has 0 unspecified atom stereocenters. The second-order valence-corrected chi connectivity index (χ2v) is 12.4. The summed E-state index contributed by atoms with van der Waals surface area (Å²) < 4.78 is 6.30. The number of nitrogens with zero attached hydrogens (tertiary/aromatic N) is 3. The first-order valence-corrected chi connectivity index (χ1v) is 15.6. The summed E-state index contributed by atoms with van der Waals surface area (Å²) in [5, 5.41) is 2.35. The molecule has 1 aliphatic rings. The molecule has 0 saturated heterocycles. The van der Waals surface area contributed by atoms with Crippen LogP contribution in [0.15, 0.2) is 144 Å². The van der Waals surface area contributed by atoms with Gasteiger partial charge in [0.25, 0.3) is 0 Å². The van der Waals surface area contributed by atoms with E-state index >= 15 is 0 Å². The topological polar surface area (TPSA) is 51.8 Å². The van der Waals surface area contributed by atoms with Gasteiger partial charge in [-0.25, -0.2) is 15.0 Å². The van der Waals surface area contributed by atoms with Gasteiger partial charge in [0.15, 0.2) is 17.5 Å². The van der Waals surface area contributed by atoms with Crippen LogP contribution in [0, 0.1) is 0 Å². The van der Waals surface area contributed by atoms with Crippen LogP contribution in [0.3, 0.4) is 0 Å². The van der Waals surface area contributed by atoms with Gasteiger partial charge in [0.1, 0.15) is 11.2 Å². The van der Waals surface area contributed by atoms with E-state index in [4.69, 9.17) is 19.4 Å². The fourth-order valence-corrected chi connectivity index (χ4v) is 7.19. The number of aromatic nitrogens is 3. The largest absolute Gasteiger partial charge is 0.456 e. The number of benzene rings is 6. The van der Waals surface area contributed by atoms with E-state index in [1.807, 2.05) is 66.7 Å². The lowest BCUT2D eigenvalue weighted by Gasteiger charge is -2.24. The van der Waals surface area contributed by atoms with E-state index in [-0.39, 0.29) is 5.41 Å². The van der Waals surface area contributed by atoms with Crippen LogP contribution in [-0.4, -0.2) is 15.0 Å². The zero-order valence-corrected chi connectivity index (χ0v) is 25.5. The highest BCUT2D eigenvalue weighted by molar-refractivity contribution is 6.15. The van der Waals surface area contributed by atoms with Gasteiger partial charge in [-0.05, 0) is 51.6 Å². The van der Waals surface area contributed by atoms with Gasteiger partial charge in [0.05, 0.1) is 0 Å². The van der Waals surface area contributed by atoms with Gasteiger partial charge in [-0.2, -0.15) is 0 Å². The highest BCUT2D eigenvalue weighted by Crippen LogP contribution is 2.55. The smallest absolute Gasteiger partial charge is 0.164 e. The average Bonchev–Trinajstić information content (AvgIpc) is 3.61. The van der Waals surface area contributed by atoms with Crippen molar-refractivity contribution in [1.29, 1.82) is 0 Å². The predicted octanol–water partition coefficient (Wildman–Crippen LogP) is 10.7. The monoisotopic (exact) mass is 591 g/mol. The van der Waals surface area contributed by atoms with E-state index in [0.29, 0.717) is 17.5 Å². The molecule has 0 aliphatic heterocycles. The number of para-hydroxylation sites is 1. The molecule has 0 amide bonds. The van der Waals surface area contributed by atoms with Gasteiger partial charge in [-0.15, -0.1) is 0 Å². The Kier molecular flexibility index (Phi) is 5.81. The molecule has 4 nitrogen and oxygen atoms in total. The van der Waals surface area contributed by atoms with E-state index in [9.17, 15) is 0 Å². The first kappa shape index (κ1) is 26.5. The summed E-state index contributed by atoms with van der Waals surface area (Å²) >= 11 is 0. The molecule has 1 aliphatic carbocycles. The summed E-state index contributed by atoms with van der Waals surface area (Å²) in [4.78, 5) is 14.9. The van der Waals surface area contributed by atoms with Crippen molar-refractivity contribution in [2.75, 3.05) is 0 Å². The van der Waals surface area contributed by atoms with Crippen molar-refractivity contribution in [1.82, 2.24) is 15.0 Å². The standard InChI is InChI=1S/C42H29N3O/c1-42(2)33-23-24-35-37(31-19-9-10-22-34(31)46-35)36(33)32-21-12-20-30(38(32)42)28-17-11-18-29(25-28)41-44-39(26-13-5-3-6-14-26)43-40(45-41)27-15-7-4-8-16-27/h3-25H,1-2H3. The summed E-state index contributed by atoms with van der Waals surface area (Å²) in [7, 11) is 0. The van der Waals surface area contributed by atoms with Crippen LogP contribution in [0.5, 0.6) is 0 Å². The van der Waals surface area contributed by atoms with Gasteiger partial charge in [-0.3, -0.25) is 0 Å². The molecular weight excluding hydrogens is 562 g/mol. The number of hydrogen-bond acceptors (Lipinski definition) is 4. The van der Waals surface area contributed by atoms with Crippen LogP contribution in [0.1, 0.15) is 25.0 Å². The maximum Gasteiger partial charge on any atom is 0.164 e. The Morgan fingerprint density at radius 1 is 0.478 bits per heavy atom. The van der Waals surface area contributed by atoms with Crippen molar-refractivity contribution in [3.8, 4) is 56.4 Å². The summed E-state index contributed by atoms with van der Waals surface area (Å²) in [6.07, 6.45) is 0. The zero-order chi connectivity index (χ0) is 30.8. The third-order valence-electron chi connectivity index (χ3n) is 9.31. The fraction of sp³-hybridized carbons (Fsp3) is 0.0714. The van der Waals surface area contributed by atoms with E-state index in [1.54, 1.807) is 0 Å². The summed E-state index contributed by atoms with van der Waals surface area (Å²) in [5.74, 6) is 1.96. The molecule has 2 aromatic heterocycles. The molecular formula is C42H29N3O. The Morgan fingerprint density at radius 2 is 1.04 bits per heavy atom. The SMILES string of the molecule is CC1(C)c2ccc3oc4ccccc4c3c2-c2cccc(-c3cccc(-c4nc(-c5ccccc5)nc(-c5ccccc5)n4)c3)c21. The Morgan fingerprint density at radius 3 is 1.76 bits per heavy atom. The first-order chi connectivity index (χ1) is 22.6. The molecule has 9 rings (SSSR count). The van der Waals surface area contributed by atoms with Crippen LogP contribution in [0.2, 0.25) is 0 Å². The lowest BCUT2D eigenvalue weighted by molar-refractivity contribution is 0.658. The molecule has 0 saturated carbocycles. The lowest BCUT2D eigenvalue weighted by atomic mass is 9.78. The molecule has 218 valence electrons. The van der Waals surface area contributed by atoms with Crippen LogP contribution in [0.4, 0.5) is 0 Å². The first-order valence-electron chi connectivity index (χ1n) is 15.6. The fourth-order valence-electron chi connectivity index (χ4n) is 7.19. The minimum Gasteiger partial charge on any atom is -0.456 e. The third-order valence-corrected chi connectivity index (χ3v) is 9.31. The van der Waals surface area contributed by atoms with Gasteiger partial charge >= 0.3 is 0 Å². The number of hydrogen-bond donors (Lipinski definition) is 0. The van der Waals surface area contributed by atoms with Crippen molar-refractivity contribution in [2.45, 2.75) is 19.3 Å². The summed E-state index contributed by atoms with van der Waals surface area (Å²) in [6.45, 7) is 4.67. The molecule has 46 heavy (non-hydrogen) atoms. The predicted molar refractivity (Wildman–Crippen MR) is 186 cm³/mol. The summed E-state index contributed by atoms with van der Waals surface area (Å²) in [6, 6.07) is 48.2. The molecule has 4 heteroatoms. The summed E-state index contributed by atoms with van der Waals surface area (Å²) in [5.41, 5.74) is 12.0. The third kappa shape index (κ3) is 4.04. The van der Waals surface area contributed by atoms with Crippen molar-refractivity contribution < 1.29 is 4.42 Å². The highest BCUT2D eigenvalue weighted by Gasteiger charge is 2.39. The number of fused-ring (bicyclic) bond motifs is 7.